The van der Waals surface area contributed by atoms with Crippen LogP contribution >= 0.6 is 0 Å². The quantitative estimate of drug-likeness (QED) is 0.365. The molecule has 0 spiro atoms. The first-order chi connectivity index (χ1) is 15.0. The van der Waals surface area contributed by atoms with Gasteiger partial charge in [-0.1, -0.05) is 37.6 Å². The van der Waals surface area contributed by atoms with Crippen molar-refractivity contribution in [1.82, 2.24) is 4.90 Å². The number of nitrogens with zero attached hydrogens (tertiary/aromatic N) is 2. The lowest BCUT2D eigenvalue weighted by atomic mass is 9.82. The Morgan fingerprint density at radius 1 is 1.06 bits per heavy atom. The van der Waals surface area contributed by atoms with Crippen LogP contribution in [-0.2, 0) is 4.79 Å². The molecule has 0 amide bonds. The molecule has 2 aromatic carbocycles. The number of benzene rings is 2. The van der Waals surface area contributed by atoms with E-state index in [2.05, 4.69) is 22.8 Å². The summed E-state index contributed by atoms with van der Waals surface area (Å²) in [5.74, 6) is 1.16. The number of anilines is 1. The second-order valence-electron chi connectivity index (χ2n) is 9.04. The van der Waals surface area contributed by atoms with Gasteiger partial charge < -0.3 is 9.64 Å². The molecule has 2 atom stereocenters. The molecule has 166 valence electrons. The molecule has 2 aliphatic heterocycles. The van der Waals surface area contributed by atoms with Crippen molar-refractivity contribution in [3.63, 3.8) is 0 Å². The van der Waals surface area contributed by atoms with Crippen LogP contribution < -0.4 is 9.64 Å². The van der Waals surface area contributed by atoms with Gasteiger partial charge in [0.15, 0.2) is 0 Å². The lowest BCUT2D eigenvalue weighted by Crippen LogP contribution is -2.46. The highest BCUT2D eigenvalue weighted by molar-refractivity contribution is 5.74. The lowest BCUT2D eigenvalue weighted by molar-refractivity contribution is -0.135. The molecule has 2 unspecified atom stereocenters. The minimum Gasteiger partial charge on any atom is -0.426 e. The number of piperazine rings is 1. The van der Waals surface area contributed by atoms with Crippen LogP contribution in [0.4, 0.5) is 10.1 Å². The van der Waals surface area contributed by atoms with Gasteiger partial charge in [-0.3, -0.25) is 9.69 Å². The van der Waals surface area contributed by atoms with Crippen molar-refractivity contribution in [2.24, 2.45) is 5.92 Å². The Labute approximate surface area is 185 Å². The van der Waals surface area contributed by atoms with Gasteiger partial charge >= 0.3 is 5.97 Å². The second kappa shape index (κ2) is 9.82. The van der Waals surface area contributed by atoms with E-state index < -0.39 is 0 Å². The van der Waals surface area contributed by atoms with Gasteiger partial charge in [0.1, 0.15) is 11.6 Å². The number of aryl methyl sites for hydroxylation is 1. The number of esters is 1. The van der Waals surface area contributed by atoms with E-state index in [1.807, 2.05) is 37.3 Å². The standard InChI is InChI=1S/C26H33FN2O2/c1-19-10-11-24(23(27)17-19)29-15-13-28(14-16-29)12-6-5-7-21-18-26(30)31-25-9-4-3-8-22(25)20(21)2/h3-4,8-11,17,20-21H,5-7,12-16,18H2,1-2H3. The number of ether oxygens (including phenoxy) is 1. The average molecular weight is 425 g/mol. The molecule has 0 bridgehead atoms. The maximum Gasteiger partial charge on any atom is 0.311 e. The topological polar surface area (TPSA) is 32.8 Å². The fourth-order valence-electron chi connectivity index (χ4n) is 4.93. The molecule has 31 heavy (non-hydrogen) atoms. The minimum atomic E-state index is -0.119. The largest absolute Gasteiger partial charge is 0.426 e. The predicted octanol–water partition coefficient (Wildman–Crippen LogP) is 5.16. The van der Waals surface area contributed by atoms with Crippen LogP contribution in [0.5, 0.6) is 5.75 Å². The summed E-state index contributed by atoms with van der Waals surface area (Å²) in [6, 6.07) is 13.4. The maximum atomic E-state index is 14.2. The van der Waals surface area contributed by atoms with E-state index in [4.69, 9.17) is 4.74 Å². The van der Waals surface area contributed by atoms with Gasteiger partial charge in [0.2, 0.25) is 0 Å². The number of carbonyl (C=O) groups excluding carboxylic acids is 1. The first kappa shape index (κ1) is 21.8. The van der Waals surface area contributed by atoms with Crippen molar-refractivity contribution in [1.29, 1.82) is 0 Å². The third-order valence-electron chi connectivity index (χ3n) is 6.88. The number of para-hydroxylation sites is 1. The summed E-state index contributed by atoms with van der Waals surface area (Å²) in [5.41, 5.74) is 2.83. The van der Waals surface area contributed by atoms with Crippen molar-refractivity contribution < 1.29 is 13.9 Å². The third-order valence-corrected chi connectivity index (χ3v) is 6.88. The molecule has 4 nitrogen and oxygen atoms in total. The molecule has 0 radical (unpaired) electrons. The average Bonchev–Trinajstić information content (AvgIpc) is 2.88. The minimum absolute atomic E-state index is 0.110. The fraction of sp³-hybridized carbons (Fsp3) is 0.500. The lowest BCUT2D eigenvalue weighted by Gasteiger charge is -2.36. The summed E-state index contributed by atoms with van der Waals surface area (Å²) < 4.78 is 19.8. The van der Waals surface area contributed by atoms with Gasteiger partial charge in [0, 0.05) is 32.6 Å². The Balaban J connectivity index is 1.22. The van der Waals surface area contributed by atoms with Crippen molar-refractivity contribution in [3.05, 3.63) is 59.4 Å². The normalized spacial score (nSPS) is 22.0. The van der Waals surface area contributed by atoms with Crippen molar-refractivity contribution in [3.8, 4) is 5.75 Å². The van der Waals surface area contributed by atoms with Gasteiger partial charge in [0.25, 0.3) is 0 Å². The van der Waals surface area contributed by atoms with Crippen molar-refractivity contribution in [2.45, 2.75) is 45.4 Å². The molecule has 2 aromatic rings. The van der Waals surface area contributed by atoms with Crippen molar-refractivity contribution >= 4 is 11.7 Å². The van der Waals surface area contributed by atoms with Crippen LogP contribution in [0.2, 0.25) is 0 Å². The van der Waals surface area contributed by atoms with Gasteiger partial charge in [-0.05, 0) is 67.5 Å². The molecular weight excluding hydrogens is 391 g/mol. The number of fused-ring (bicyclic) bond motifs is 1. The smallest absolute Gasteiger partial charge is 0.311 e. The molecule has 0 aromatic heterocycles. The highest BCUT2D eigenvalue weighted by Gasteiger charge is 2.29. The summed E-state index contributed by atoms with van der Waals surface area (Å²) >= 11 is 0. The summed E-state index contributed by atoms with van der Waals surface area (Å²) in [5, 5.41) is 0. The van der Waals surface area contributed by atoms with Crippen LogP contribution in [0, 0.1) is 18.7 Å². The van der Waals surface area contributed by atoms with Crippen molar-refractivity contribution in [2.75, 3.05) is 37.6 Å². The molecular formula is C26H33FN2O2. The first-order valence-electron chi connectivity index (χ1n) is 11.5. The zero-order valence-corrected chi connectivity index (χ0v) is 18.6. The molecule has 4 rings (SSSR count). The number of hydrogen-bond donors (Lipinski definition) is 0. The van der Waals surface area contributed by atoms with Gasteiger partial charge in [-0.25, -0.2) is 4.39 Å². The molecule has 1 saturated heterocycles. The summed E-state index contributed by atoms with van der Waals surface area (Å²) in [7, 11) is 0. The Morgan fingerprint density at radius 2 is 1.84 bits per heavy atom. The monoisotopic (exact) mass is 424 g/mol. The zero-order valence-electron chi connectivity index (χ0n) is 18.6. The molecule has 1 fully saturated rings. The Bertz CT molecular complexity index is 908. The number of hydrogen-bond acceptors (Lipinski definition) is 4. The number of unbranched alkanes of at least 4 members (excludes halogenated alkanes) is 1. The molecule has 0 N–H and O–H groups in total. The van der Waals surface area contributed by atoms with Crippen LogP contribution in [0.15, 0.2) is 42.5 Å². The maximum absolute atomic E-state index is 14.2. The zero-order chi connectivity index (χ0) is 21.8. The predicted molar refractivity (Wildman–Crippen MR) is 122 cm³/mol. The Morgan fingerprint density at radius 3 is 2.61 bits per heavy atom. The summed E-state index contributed by atoms with van der Waals surface area (Å²) in [6.07, 6.45) is 3.77. The summed E-state index contributed by atoms with van der Waals surface area (Å²) in [4.78, 5) is 16.8. The van der Waals surface area contributed by atoms with E-state index in [0.29, 0.717) is 18.3 Å². The molecule has 2 aliphatic rings. The number of halogens is 1. The fourth-order valence-corrected chi connectivity index (χ4v) is 4.93. The van der Waals surface area contributed by atoms with Crippen LogP contribution in [0.1, 0.15) is 49.7 Å². The van der Waals surface area contributed by atoms with Crippen LogP contribution in [0.25, 0.3) is 0 Å². The van der Waals surface area contributed by atoms with E-state index >= 15 is 0 Å². The van der Waals surface area contributed by atoms with Gasteiger partial charge in [-0.2, -0.15) is 0 Å². The third kappa shape index (κ3) is 5.27. The number of carbonyl (C=O) groups is 1. The van der Waals surface area contributed by atoms with Crippen LogP contribution in [-0.4, -0.2) is 43.6 Å². The number of rotatable bonds is 6. The first-order valence-corrected chi connectivity index (χ1v) is 11.5. The molecule has 2 heterocycles. The van der Waals surface area contributed by atoms with E-state index in [9.17, 15) is 9.18 Å². The van der Waals surface area contributed by atoms with E-state index in [1.165, 1.54) is 0 Å². The highest BCUT2D eigenvalue weighted by Crippen LogP contribution is 2.38. The second-order valence-corrected chi connectivity index (χ2v) is 9.04. The van der Waals surface area contributed by atoms with E-state index in [-0.39, 0.29) is 11.8 Å². The summed E-state index contributed by atoms with van der Waals surface area (Å²) in [6.45, 7) is 8.85. The highest BCUT2D eigenvalue weighted by atomic mass is 19.1. The Hall–Kier alpha value is -2.40. The van der Waals surface area contributed by atoms with E-state index in [1.54, 1.807) is 6.07 Å². The van der Waals surface area contributed by atoms with Gasteiger partial charge in [0.05, 0.1) is 5.69 Å². The SMILES string of the molecule is Cc1ccc(N2CCN(CCCCC3CC(=O)Oc4ccccc4C3C)CC2)c(F)c1. The molecule has 0 aliphatic carbocycles. The Kier molecular flexibility index (Phi) is 6.91. The molecule has 5 heteroatoms. The van der Waals surface area contributed by atoms with E-state index in [0.717, 1.165) is 74.6 Å². The van der Waals surface area contributed by atoms with Gasteiger partial charge in [-0.15, -0.1) is 0 Å². The molecule has 0 saturated carbocycles. The van der Waals surface area contributed by atoms with Crippen LogP contribution in [0.3, 0.4) is 0 Å².